The van der Waals surface area contributed by atoms with E-state index >= 15 is 0 Å². The van der Waals surface area contributed by atoms with Gasteiger partial charge in [0.25, 0.3) is 11.5 Å². The van der Waals surface area contributed by atoms with Crippen molar-refractivity contribution < 1.29 is 14.3 Å². The highest BCUT2D eigenvalue weighted by molar-refractivity contribution is 5.96. The molecule has 0 fully saturated rings. The summed E-state index contributed by atoms with van der Waals surface area (Å²) < 4.78 is 6.01. The van der Waals surface area contributed by atoms with E-state index < -0.39 is 23.5 Å². The standard InChI is InChI=1S/C18H16N4O4/c1-12(19-16(23)13-7-3-2-4-8-13)18(25)26-11-22-17(24)14-9-5-6-10-15(14)20-21-22/h2-10,12H,11H2,1H3,(H,19,23)/t12-/m0/s1. The number of hydrogen-bond donors (Lipinski definition) is 1. The second kappa shape index (κ2) is 7.56. The Bertz CT molecular complexity index is 1000. The van der Waals surface area contributed by atoms with E-state index in [0.717, 1.165) is 4.68 Å². The second-order valence-electron chi connectivity index (χ2n) is 5.56. The number of hydrogen-bond acceptors (Lipinski definition) is 6. The Morgan fingerprint density at radius 1 is 1.12 bits per heavy atom. The van der Waals surface area contributed by atoms with Gasteiger partial charge in [-0.15, -0.1) is 5.10 Å². The molecule has 0 saturated heterocycles. The Kier molecular flexibility index (Phi) is 5.02. The summed E-state index contributed by atoms with van der Waals surface area (Å²) in [4.78, 5) is 36.4. The van der Waals surface area contributed by atoms with Gasteiger partial charge in [0.1, 0.15) is 11.6 Å². The van der Waals surface area contributed by atoms with Gasteiger partial charge >= 0.3 is 5.97 Å². The third-order valence-electron chi connectivity index (χ3n) is 3.70. The Hall–Kier alpha value is -3.55. The van der Waals surface area contributed by atoms with Crippen molar-refractivity contribution in [3.63, 3.8) is 0 Å². The molecule has 8 heteroatoms. The lowest BCUT2D eigenvalue weighted by molar-refractivity contribution is -0.150. The van der Waals surface area contributed by atoms with Crippen LogP contribution in [0.1, 0.15) is 17.3 Å². The monoisotopic (exact) mass is 352 g/mol. The molecule has 1 atom stereocenters. The fourth-order valence-corrected chi connectivity index (χ4v) is 2.29. The predicted octanol–water partition coefficient (Wildman–Crippen LogP) is 1.11. The number of benzene rings is 2. The zero-order chi connectivity index (χ0) is 18.5. The SMILES string of the molecule is C[C@H](NC(=O)c1ccccc1)C(=O)OCn1nnc2ccccc2c1=O. The molecule has 0 bridgehead atoms. The van der Waals surface area contributed by atoms with Crippen molar-refractivity contribution in [2.75, 3.05) is 0 Å². The largest absolute Gasteiger partial charge is 0.441 e. The fraction of sp³-hybridized carbons (Fsp3) is 0.167. The molecule has 0 aliphatic carbocycles. The first-order chi connectivity index (χ1) is 12.6. The number of aromatic nitrogens is 3. The smallest absolute Gasteiger partial charge is 0.330 e. The molecule has 3 aromatic rings. The van der Waals surface area contributed by atoms with Crippen LogP contribution < -0.4 is 10.9 Å². The van der Waals surface area contributed by atoms with E-state index in [0.29, 0.717) is 16.5 Å². The third-order valence-corrected chi connectivity index (χ3v) is 3.70. The van der Waals surface area contributed by atoms with E-state index in [9.17, 15) is 14.4 Å². The molecule has 0 spiro atoms. The van der Waals surface area contributed by atoms with Crippen LogP contribution >= 0.6 is 0 Å². The molecule has 0 unspecified atom stereocenters. The molecule has 1 N–H and O–H groups in total. The molecule has 8 nitrogen and oxygen atoms in total. The van der Waals surface area contributed by atoms with Crippen molar-refractivity contribution in [3.8, 4) is 0 Å². The van der Waals surface area contributed by atoms with Crippen molar-refractivity contribution in [1.29, 1.82) is 0 Å². The lowest BCUT2D eigenvalue weighted by atomic mass is 10.2. The minimum Gasteiger partial charge on any atom is -0.441 e. The maximum Gasteiger partial charge on any atom is 0.330 e. The quantitative estimate of drug-likeness (QED) is 0.690. The average molecular weight is 352 g/mol. The van der Waals surface area contributed by atoms with E-state index in [1.54, 1.807) is 54.6 Å². The van der Waals surface area contributed by atoms with Gasteiger partial charge in [0, 0.05) is 5.56 Å². The van der Waals surface area contributed by atoms with Gasteiger partial charge < -0.3 is 10.1 Å². The van der Waals surface area contributed by atoms with Crippen molar-refractivity contribution >= 4 is 22.8 Å². The van der Waals surface area contributed by atoms with Gasteiger partial charge in [-0.05, 0) is 31.2 Å². The fourth-order valence-electron chi connectivity index (χ4n) is 2.29. The Morgan fingerprint density at radius 3 is 2.58 bits per heavy atom. The number of carbonyl (C=O) groups is 2. The van der Waals surface area contributed by atoms with Crippen LogP contribution in [-0.4, -0.2) is 32.9 Å². The average Bonchev–Trinajstić information content (AvgIpc) is 2.68. The molecule has 0 saturated carbocycles. The molecule has 3 rings (SSSR count). The molecule has 0 radical (unpaired) electrons. The Morgan fingerprint density at radius 2 is 1.81 bits per heavy atom. The van der Waals surface area contributed by atoms with Crippen LogP contribution in [0.4, 0.5) is 0 Å². The minimum absolute atomic E-state index is 0.379. The van der Waals surface area contributed by atoms with Gasteiger partial charge in [0.15, 0.2) is 6.73 Å². The number of fused-ring (bicyclic) bond motifs is 1. The molecule has 0 aliphatic rings. The number of amides is 1. The van der Waals surface area contributed by atoms with Gasteiger partial charge in [-0.25, -0.2) is 4.79 Å². The first kappa shape index (κ1) is 17.3. The summed E-state index contributed by atoms with van der Waals surface area (Å²) in [6.07, 6.45) is 0. The molecule has 132 valence electrons. The van der Waals surface area contributed by atoms with Gasteiger partial charge in [-0.1, -0.05) is 35.5 Å². The summed E-state index contributed by atoms with van der Waals surface area (Å²) in [5, 5.41) is 10.6. The normalized spacial score (nSPS) is 11.7. The maximum atomic E-state index is 12.3. The molecule has 2 aromatic carbocycles. The summed E-state index contributed by atoms with van der Waals surface area (Å²) in [5.74, 6) is -1.08. The van der Waals surface area contributed by atoms with E-state index in [-0.39, 0.29) is 6.73 Å². The van der Waals surface area contributed by atoms with Gasteiger partial charge in [0.2, 0.25) is 0 Å². The van der Waals surface area contributed by atoms with Gasteiger partial charge in [0.05, 0.1) is 5.39 Å². The maximum absolute atomic E-state index is 12.3. The molecule has 0 aliphatic heterocycles. The van der Waals surface area contributed by atoms with Crippen LogP contribution in [0.15, 0.2) is 59.4 Å². The van der Waals surface area contributed by atoms with Crippen LogP contribution in [-0.2, 0) is 16.3 Å². The number of carbonyl (C=O) groups excluding carboxylic acids is 2. The number of ether oxygens (including phenoxy) is 1. The zero-order valence-corrected chi connectivity index (χ0v) is 14.0. The van der Waals surface area contributed by atoms with Crippen LogP contribution in [0.5, 0.6) is 0 Å². The summed E-state index contributed by atoms with van der Waals surface area (Å²) in [5.41, 5.74) is 0.483. The van der Waals surface area contributed by atoms with Crippen LogP contribution in [0, 0.1) is 0 Å². The second-order valence-corrected chi connectivity index (χ2v) is 5.56. The van der Waals surface area contributed by atoms with Crippen LogP contribution in [0.2, 0.25) is 0 Å². The highest BCUT2D eigenvalue weighted by Gasteiger charge is 2.18. The molecule has 1 aromatic heterocycles. The van der Waals surface area contributed by atoms with Crippen molar-refractivity contribution in [2.45, 2.75) is 19.7 Å². The summed E-state index contributed by atoms with van der Waals surface area (Å²) >= 11 is 0. The molecular formula is C18H16N4O4. The van der Waals surface area contributed by atoms with Crippen LogP contribution in [0.3, 0.4) is 0 Å². The number of nitrogens with one attached hydrogen (secondary N) is 1. The summed E-state index contributed by atoms with van der Waals surface area (Å²) in [6, 6.07) is 14.4. The number of nitrogens with zero attached hydrogens (tertiary/aromatic N) is 3. The van der Waals surface area contributed by atoms with Crippen molar-refractivity contribution in [2.24, 2.45) is 0 Å². The molecular weight excluding hydrogens is 336 g/mol. The van der Waals surface area contributed by atoms with Crippen LogP contribution in [0.25, 0.3) is 10.9 Å². The Labute approximate surface area is 148 Å². The highest BCUT2D eigenvalue weighted by Crippen LogP contribution is 2.04. The number of esters is 1. The Balaban J connectivity index is 1.62. The molecule has 1 amide bonds. The first-order valence-electron chi connectivity index (χ1n) is 7.91. The van der Waals surface area contributed by atoms with Crippen molar-refractivity contribution in [3.05, 3.63) is 70.5 Å². The summed E-state index contributed by atoms with van der Waals surface area (Å²) in [7, 11) is 0. The number of rotatable bonds is 5. The van der Waals surface area contributed by atoms with Crippen molar-refractivity contribution in [1.82, 2.24) is 20.3 Å². The molecule has 1 heterocycles. The summed E-state index contributed by atoms with van der Waals surface area (Å²) in [6.45, 7) is 1.11. The van der Waals surface area contributed by atoms with E-state index in [1.165, 1.54) is 6.92 Å². The first-order valence-corrected chi connectivity index (χ1v) is 7.91. The van der Waals surface area contributed by atoms with E-state index in [2.05, 4.69) is 15.6 Å². The lowest BCUT2D eigenvalue weighted by Gasteiger charge is -2.13. The van der Waals surface area contributed by atoms with Gasteiger partial charge in [-0.3, -0.25) is 9.59 Å². The van der Waals surface area contributed by atoms with E-state index in [1.807, 2.05) is 0 Å². The predicted molar refractivity (Wildman–Crippen MR) is 93.3 cm³/mol. The van der Waals surface area contributed by atoms with Gasteiger partial charge in [-0.2, -0.15) is 4.68 Å². The topological polar surface area (TPSA) is 103 Å². The lowest BCUT2D eigenvalue weighted by Crippen LogP contribution is -2.40. The van der Waals surface area contributed by atoms with E-state index in [4.69, 9.17) is 4.74 Å². The molecule has 26 heavy (non-hydrogen) atoms. The third kappa shape index (κ3) is 3.75. The zero-order valence-electron chi connectivity index (χ0n) is 14.0. The minimum atomic E-state index is -0.883. The highest BCUT2D eigenvalue weighted by atomic mass is 16.5.